The summed E-state index contributed by atoms with van der Waals surface area (Å²) in [6.45, 7) is 0. The molecule has 0 bridgehead atoms. The van der Waals surface area contributed by atoms with Crippen molar-refractivity contribution < 1.29 is 4.79 Å². The van der Waals surface area contributed by atoms with E-state index in [9.17, 15) is 4.79 Å². The summed E-state index contributed by atoms with van der Waals surface area (Å²) >= 11 is 4.75. The van der Waals surface area contributed by atoms with Gasteiger partial charge in [-0.3, -0.25) is 10.1 Å². The first kappa shape index (κ1) is 10.5. The molecular formula is C11H9N3OS. The number of hydrogen-bond donors (Lipinski definition) is 2. The fourth-order valence-corrected chi connectivity index (χ4v) is 1.52. The molecule has 2 rings (SSSR count). The zero-order chi connectivity index (χ0) is 11.5. The van der Waals surface area contributed by atoms with E-state index in [2.05, 4.69) is 10.3 Å². The van der Waals surface area contributed by atoms with Crippen LogP contribution in [0.15, 0.2) is 40.9 Å². The normalized spacial score (nSPS) is 18.2. The minimum Gasteiger partial charge on any atom is -0.383 e. The van der Waals surface area contributed by atoms with Gasteiger partial charge in [-0.25, -0.2) is 4.99 Å². The number of thiocarbonyl (C=S) groups is 1. The van der Waals surface area contributed by atoms with E-state index in [4.69, 9.17) is 18.0 Å². The molecule has 1 aromatic carbocycles. The summed E-state index contributed by atoms with van der Waals surface area (Å²) in [5.74, 6) is -0.168. The summed E-state index contributed by atoms with van der Waals surface area (Å²) in [6, 6.07) is 9.41. The topological polar surface area (TPSA) is 67.5 Å². The van der Waals surface area contributed by atoms with Crippen LogP contribution in [0, 0.1) is 0 Å². The van der Waals surface area contributed by atoms with Gasteiger partial charge in [0.25, 0.3) is 5.91 Å². The van der Waals surface area contributed by atoms with E-state index in [0.29, 0.717) is 5.57 Å². The summed E-state index contributed by atoms with van der Waals surface area (Å²) in [5.41, 5.74) is 6.86. The van der Waals surface area contributed by atoms with Crippen molar-refractivity contribution >= 4 is 35.1 Å². The molecule has 0 fully saturated rings. The third kappa shape index (κ3) is 2.14. The molecule has 3 N–H and O–H groups in total. The van der Waals surface area contributed by atoms with Gasteiger partial charge in [-0.1, -0.05) is 30.3 Å². The van der Waals surface area contributed by atoms with Gasteiger partial charge in [0.2, 0.25) is 5.11 Å². The number of nitrogens with one attached hydrogen (secondary N) is 1. The van der Waals surface area contributed by atoms with Crippen molar-refractivity contribution in [3.63, 3.8) is 0 Å². The van der Waals surface area contributed by atoms with Gasteiger partial charge in [0.15, 0.2) is 0 Å². The minimum atomic E-state index is -0.318. The van der Waals surface area contributed by atoms with Crippen molar-refractivity contribution in [3.8, 4) is 0 Å². The average Bonchev–Trinajstić information content (AvgIpc) is 2.25. The molecule has 1 heterocycles. The smallest absolute Gasteiger partial charge is 0.261 e. The standard InChI is InChI=1S/C11H9N3OS/c12-9-8(10(15)14-11(16)13-9)6-7-4-2-1-3-5-7/h1-6H,(H3,12,13,14,15,16)/b8-6+. The Kier molecular flexibility index (Phi) is 2.78. The van der Waals surface area contributed by atoms with Crippen LogP contribution in [0.25, 0.3) is 6.08 Å². The molecule has 0 atom stereocenters. The first-order valence-electron chi connectivity index (χ1n) is 4.63. The molecule has 0 radical (unpaired) electrons. The summed E-state index contributed by atoms with van der Waals surface area (Å²) < 4.78 is 0. The number of rotatable bonds is 1. The molecule has 0 saturated heterocycles. The van der Waals surface area contributed by atoms with Crippen molar-refractivity contribution in [1.82, 2.24) is 5.32 Å². The van der Waals surface area contributed by atoms with Crippen molar-refractivity contribution in [2.45, 2.75) is 0 Å². The molecule has 1 amide bonds. The van der Waals surface area contributed by atoms with E-state index in [1.807, 2.05) is 30.3 Å². The number of carbonyl (C=O) groups excluding carboxylic acids is 1. The predicted molar refractivity (Wildman–Crippen MR) is 66.8 cm³/mol. The second kappa shape index (κ2) is 4.24. The van der Waals surface area contributed by atoms with Crippen LogP contribution >= 0.6 is 12.2 Å². The average molecular weight is 231 g/mol. The molecule has 4 nitrogen and oxygen atoms in total. The van der Waals surface area contributed by atoms with E-state index in [1.54, 1.807) is 6.08 Å². The largest absolute Gasteiger partial charge is 0.383 e. The van der Waals surface area contributed by atoms with Crippen LogP contribution < -0.4 is 11.1 Å². The first-order valence-corrected chi connectivity index (χ1v) is 5.04. The molecular weight excluding hydrogens is 222 g/mol. The van der Waals surface area contributed by atoms with Crippen LogP contribution in [0.5, 0.6) is 0 Å². The van der Waals surface area contributed by atoms with Gasteiger partial charge in [-0.05, 0) is 23.9 Å². The van der Waals surface area contributed by atoms with E-state index in [1.165, 1.54) is 0 Å². The Morgan fingerprint density at radius 2 is 2.00 bits per heavy atom. The van der Waals surface area contributed by atoms with Gasteiger partial charge in [0.05, 0.1) is 5.57 Å². The summed E-state index contributed by atoms with van der Waals surface area (Å²) in [4.78, 5) is 15.4. The molecule has 0 aliphatic carbocycles. The SMILES string of the molecule is NC1=NC(=S)NC(=O)/C1=C/c1ccccc1. The highest BCUT2D eigenvalue weighted by atomic mass is 32.1. The van der Waals surface area contributed by atoms with Crippen LogP contribution in [-0.4, -0.2) is 16.9 Å². The first-order chi connectivity index (χ1) is 7.66. The van der Waals surface area contributed by atoms with Crippen molar-refractivity contribution in [1.29, 1.82) is 0 Å². The zero-order valence-corrected chi connectivity index (χ0v) is 9.12. The van der Waals surface area contributed by atoms with E-state index in [-0.39, 0.29) is 16.9 Å². The maximum Gasteiger partial charge on any atom is 0.261 e. The van der Waals surface area contributed by atoms with Gasteiger partial charge < -0.3 is 5.73 Å². The molecule has 1 aromatic rings. The molecule has 1 aliphatic heterocycles. The molecule has 0 aromatic heterocycles. The fraction of sp³-hybridized carbons (Fsp3) is 0. The number of nitrogens with zero attached hydrogens (tertiary/aromatic N) is 1. The lowest BCUT2D eigenvalue weighted by Gasteiger charge is -2.13. The van der Waals surface area contributed by atoms with Crippen LogP contribution in [0.3, 0.4) is 0 Å². The lowest BCUT2D eigenvalue weighted by atomic mass is 10.1. The Balaban J connectivity index is 2.41. The summed E-state index contributed by atoms with van der Waals surface area (Å²) in [5, 5.41) is 2.54. The number of aliphatic imine (C=N–C) groups is 1. The van der Waals surface area contributed by atoms with Gasteiger partial charge in [-0.15, -0.1) is 0 Å². The molecule has 16 heavy (non-hydrogen) atoms. The number of nitrogens with two attached hydrogens (primary N) is 1. The maximum atomic E-state index is 11.6. The van der Waals surface area contributed by atoms with Crippen LogP contribution in [0.2, 0.25) is 0 Å². The predicted octanol–water partition coefficient (Wildman–Crippen LogP) is 0.842. The molecule has 1 aliphatic rings. The lowest BCUT2D eigenvalue weighted by Crippen LogP contribution is -2.40. The Hall–Kier alpha value is -2.01. The van der Waals surface area contributed by atoms with Gasteiger partial charge >= 0.3 is 0 Å². The Morgan fingerprint density at radius 3 is 2.62 bits per heavy atom. The Labute approximate surface area is 97.9 Å². The zero-order valence-electron chi connectivity index (χ0n) is 8.31. The number of amidine groups is 1. The minimum absolute atomic E-state index is 0.104. The molecule has 0 spiro atoms. The van der Waals surface area contributed by atoms with Crippen LogP contribution in [-0.2, 0) is 4.79 Å². The second-order valence-electron chi connectivity index (χ2n) is 3.23. The van der Waals surface area contributed by atoms with Crippen molar-refractivity contribution in [2.75, 3.05) is 0 Å². The van der Waals surface area contributed by atoms with Crippen LogP contribution in [0.4, 0.5) is 0 Å². The molecule has 0 unspecified atom stereocenters. The maximum absolute atomic E-state index is 11.6. The lowest BCUT2D eigenvalue weighted by molar-refractivity contribution is -0.115. The number of benzene rings is 1. The third-order valence-corrected chi connectivity index (χ3v) is 2.27. The van der Waals surface area contributed by atoms with Gasteiger partial charge in [-0.2, -0.15) is 0 Å². The number of amides is 1. The third-order valence-electron chi connectivity index (χ3n) is 2.07. The van der Waals surface area contributed by atoms with E-state index in [0.717, 1.165) is 5.56 Å². The number of carbonyl (C=O) groups is 1. The molecule has 0 saturated carbocycles. The fourth-order valence-electron chi connectivity index (χ4n) is 1.33. The molecule has 80 valence electrons. The quantitative estimate of drug-likeness (QED) is 0.556. The monoisotopic (exact) mass is 231 g/mol. The highest BCUT2D eigenvalue weighted by Gasteiger charge is 2.20. The highest BCUT2D eigenvalue weighted by Crippen LogP contribution is 2.09. The van der Waals surface area contributed by atoms with Crippen molar-refractivity contribution in [2.24, 2.45) is 10.7 Å². The second-order valence-corrected chi connectivity index (χ2v) is 3.61. The Bertz CT molecular complexity index is 505. The summed E-state index contributed by atoms with van der Waals surface area (Å²) in [6.07, 6.45) is 1.68. The van der Waals surface area contributed by atoms with Gasteiger partial charge in [0.1, 0.15) is 5.84 Å². The Morgan fingerprint density at radius 1 is 1.31 bits per heavy atom. The van der Waals surface area contributed by atoms with Crippen LogP contribution in [0.1, 0.15) is 5.56 Å². The van der Waals surface area contributed by atoms with Gasteiger partial charge in [0, 0.05) is 0 Å². The van der Waals surface area contributed by atoms with E-state index >= 15 is 0 Å². The number of hydrogen-bond acceptors (Lipinski definition) is 3. The highest BCUT2D eigenvalue weighted by molar-refractivity contribution is 7.80. The summed E-state index contributed by atoms with van der Waals surface area (Å²) in [7, 11) is 0. The van der Waals surface area contributed by atoms with Crippen molar-refractivity contribution in [3.05, 3.63) is 41.5 Å². The van der Waals surface area contributed by atoms with E-state index < -0.39 is 0 Å². The molecule has 5 heteroatoms.